The van der Waals surface area contributed by atoms with E-state index >= 15 is 0 Å². The number of rotatable bonds is 4. The maximum absolute atomic E-state index is 12.3. The van der Waals surface area contributed by atoms with Crippen LogP contribution in [-0.2, 0) is 16.1 Å². The van der Waals surface area contributed by atoms with E-state index in [2.05, 4.69) is 18.9 Å². The third-order valence-electron chi connectivity index (χ3n) is 4.08. The van der Waals surface area contributed by atoms with Crippen molar-refractivity contribution in [2.75, 3.05) is 26.2 Å². The van der Waals surface area contributed by atoms with Gasteiger partial charge in [-0.15, -0.1) is 0 Å². The molecule has 0 aliphatic carbocycles. The Bertz CT molecular complexity index is 643. The number of piperazine rings is 1. The zero-order valence-electron chi connectivity index (χ0n) is 14.8. The lowest BCUT2D eigenvalue weighted by molar-refractivity contribution is -0.135. The highest BCUT2D eigenvalue weighted by atomic mass is 35.5. The van der Waals surface area contributed by atoms with Gasteiger partial charge in [0, 0.05) is 51.3 Å². The van der Waals surface area contributed by atoms with Crippen molar-refractivity contribution >= 4 is 29.5 Å². The standard InChI is InChI=1S/C17H25ClN4O2/c1-12(2)11-22-17(18)15(13(3)19-22)5-6-16(24)21-9-7-20(8-10-21)14(4)23/h5-6,12H,7-11H2,1-4H3. The fraction of sp³-hybridized carbons (Fsp3) is 0.588. The van der Waals surface area contributed by atoms with Crippen LogP contribution >= 0.6 is 11.6 Å². The van der Waals surface area contributed by atoms with E-state index in [-0.39, 0.29) is 11.8 Å². The SMILES string of the molecule is CC(=O)N1CCN(C(=O)C=Cc2c(C)nn(CC(C)C)c2Cl)CC1. The summed E-state index contributed by atoms with van der Waals surface area (Å²) in [4.78, 5) is 27.1. The smallest absolute Gasteiger partial charge is 0.246 e. The molecule has 0 unspecified atom stereocenters. The number of aryl methyl sites for hydroxylation is 1. The highest BCUT2D eigenvalue weighted by Gasteiger charge is 2.21. The molecule has 0 radical (unpaired) electrons. The second kappa shape index (κ2) is 7.83. The van der Waals surface area contributed by atoms with Crippen LogP contribution in [-0.4, -0.2) is 57.6 Å². The van der Waals surface area contributed by atoms with E-state index in [4.69, 9.17) is 11.6 Å². The Morgan fingerprint density at radius 3 is 2.33 bits per heavy atom. The van der Waals surface area contributed by atoms with Crippen LogP contribution in [0.1, 0.15) is 32.0 Å². The molecule has 0 saturated carbocycles. The normalized spacial score (nSPS) is 15.6. The zero-order valence-corrected chi connectivity index (χ0v) is 15.5. The van der Waals surface area contributed by atoms with Gasteiger partial charge in [0.1, 0.15) is 5.15 Å². The van der Waals surface area contributed by atoms with Crippen molar-refractivity contribution < 1.29 is 9.59 Å². The Hall–Kier alpha value is -1.82. The Morgan fingerprint density at radius 1 is 1.21 bits per heavy atom. The predicted molar refractivity (Wildman–Crippen MR) is 94.7 cm³/mol. The Morgan fingerprint density at radius 2 is 1.79 bits per heavy atom. The second-order valence-corrected chi connectivity index (χ2v) is 6.89. The van der Waals surface area contributed by atoms with Crippen LogP contribution in [0.25, 0.3) is 6.08 Å². The molecule has 1 fully saturated rings. The van der Waals surface area contributed by atoms with Gasteiger partial charge in [-0.05, 0) is 18.9 Å². The van der Waals surface area contributed by atoms with Crippen LogP contribution in [0, 0.1) is 12.8 Å². The molecule has 2 heterocycles. The van der Waals surface area contributed by atoms with Gasteiger partial charge in [-0.3, -0.25) is 14.3 Å². The largest absolute Gasteiger partial charge is 0.339 e. The van der Waals surface area contributed by atoms with Crippen molar-refractivity contribution in [3.8, 4) is 0 Å². The molecule has 2 amide bonds. The van der Waals surface area contributed by atoms with Crippen LogP contribution in [0.4, 0.5) is 0 Å². The lowest BCUT2D eigenvalue weighted by Gasteiger charge is -2.33. The van der Waals surface area contributed by atoms with Crippen molar-refractivity contribution in [3.05, 3.63) is 22.5 Å². The van der Waals surface area contributed by atoms with Gasteiger partial charge in [-0.1, -0.05) is 25.4 Å². The zero-order chi connectivity index (χ0) is 17.9. The number of carbonyl (C=O) groups excluding carboxylic acids is 2. The van der Waals surface area contributed by atoms with Gasteiger partial charge in [0.2, 0.25) is 11.8 Å². The summed E-state index contributed by atoms with van der Waals surface area (Å²) >= 11 is 6.38. The molecular formula is C17H25ClN4O2. The van der Waals surface area contributed by atoms with Crippen molar-refractivity contribution in [1.82, 2.24) is 19.6 Å². The third kappa shape index (κ3) is 4.38. The first-order valence-electron chi connectivity index (χ1n) is 8.25. The van der Waals surface area contributed by atoms with Crippen LogP contribution in [0.15, 0.2) is 6.08 Å². The van der Waals surface area contributed by atoms with Crippen LogP contribution in [0.5, 0.6) is 0 Å². The number of halogens is 1. The summed E-state index contributed by atoms with van der Waals surface area (Å²) in [6, 6.07) is 0. The third-order valence-corrected chi connectivity index (χ3v) is 4.48. The number of aromatic nitrogens is 2. The van der Waals surface area contributed by atoms with Crippen LogP contribution in [0.2, 0.25) is 5.15 Å². The first kappa shape index (κ1) is 18.5. The highest BCUT2D eigenvalue weighted by molar-refractivity contribution is 6.31. The van der Waals surface area contributed by atoms with Gasteiger partial charge in [-0.25, -0.2) is 0 Å². The van der Waals surface area contributed by atoms with Gasteiger partial charge in [0.05, 0.1) is 5.69 Å². The molecule has 0 atom stereocenters. The van der Waals surface area contributed by atoms with E-state index in [9.17, 15) is 9.59 Å². The molecule has 1 saturated heterocycles. The number of amides is 2. The molecular weight excluding hydrogens is 328 g/mol. The average Bonchev–Trinajstić information content (AvgIpc) is 2.78. The molecule has 1 aromatic heterocycles. The summed E-state index contributed by atoms with van der Waals surface area (Å²) < 4.78 is 1.78. The Labute approximate surface area is 148 Å². The van der Waals surface area contributed by atoms with Gasteiger partial charge in [0.15, 0.2) is 0 Å². The maximum Gasteiger partial charge on any atom is 0.246 e. The molecule has 1 aliphatic rings. The second-order valence-electron chi connectivity index (χ2n) is 6.53. The molecule has 0 bridgehead atoms. The molecule has 0 spiro atoms. The number of nitrogens with zero attached hydrogens (tertiary/aromatic N) is 4. The van der Waals surface area contributed by atoms with E-state index in [1.54, 1.807) is 33.6 Å². The van der Waals surface area contributed by atoms with E-state index < -0.39 is 0 Å². The van der Waals surface area contributed by atoms with Gasteiger partial charge < -0.3 is 9.80 Å². The number of hydrogen-bond donors (Lipinski definition) is 0. The monoisotopic (exact) mass is 352 g/mol. The summed E-state index contributed by atoms with van der Waals surface area (Å²) in [6.45, 7) is 10.7. The highest BCUT2D eigenvalue weighted by Crippen LogP contribution is 2.22. The molecule has 0 N–H and O–H groups in total. The van der Waals surface area contributed by atoms with E-state index in [1.165, 1.54) is 0 Å². The van der Waals surface area contributed by atoms with Gasteiger partial charge >= 0.3 is 0 Å². The van der Waals surface area contributed by atoms with Gasteiger partial charge in [0.25, 0.3) is 0 Å². The molecule has 1 aromatic rings. The van der Waals surface area contributed by atoms with Crippen molar-refractivity contribution in [1.29, 1.82) is 0 Å². The first-order chi connectivity index (χ1) is 11.3. The van der Waals surface area contributed by atoms with Crippen LogP contribution in [0.3, 0.4) is 0 Å². The van der Waals surface area contributed by atoms with Crippen molar-refractivity contribution in [2.45, 2.75) is 34.2 Å². The topological polar surface area (TPSA) is 58.4 Å². The fourth-order valence-corrected chi connectivity index (χ4v) is 3.03. The fourth-order valence-electron chi connectivity index (χ4n) is 2.73. The summed E-state index contributed by atoms with van der Waals surface area (Å²) in [6.07, 6.45) is 3.28. The molecule has 0 aromatic carbocycles. The molecule has 6 nitrogen and oxygen atoms in total. The minimum atomic E-state index is -0.0646. The summed E-state index contributed by atoms with van der Waals surface area (Å²) in [7, 11) is 0. The lowest BCUT2D eigenvalue weighted by atomic mass is 10.2. The van der Waals surface area contributed by atoms with E-state index in [0.717, 1.165) is 17.8 Å². The molecule has 1 aliphatic heterocycles. The molecule has 24 heavy (non-hydrogen) atoms. The summed E-state index contributed by atoms with van der Waals surface area (Å²) in [5, 5.41) is 5.00. The maximum atomic E-state index is 12.3. The molecule has 132 valence electrons. The quantitative estimate of drug-likeness (QED) is 0.780. The number of carbonyl (C=O) groups is 2. The number of hydrogen-bond acceptors (Lipinski definition) is 3. The minimum Gasteiger partial charge on any atom is -0.339 e. The molecule has 7 heteroatoms. The predicted octanol–water partition coefficient (Wildman–Crippen LogP) is 2.20. The minimum absolute atomic E-state index is 0.0533. The Balaban J connectivity index is 2.02. The van der Waals surface area contributed by atoms with E-state index in [1.807, 2.05) is 6.92 Å². The van der Waals surface area contributed by atoms with Crippen LogP contribution < -0.4 is 0 Å². The lowest BCUT2D eigenvalue weighted by Crippen LogP contribution is -2.49. The van der Waals surface area contributed by atoms with Crippen molar-refractivity contribution in [2.24, 2.45) is 5.92 Å². The average molecular weight is 353 g/mol. The molecule has 2 rings (SSSR count). The first-order valence-corrected chi connectivity index (χ1v) is 8.62. The summed E-state index contributed by atoms with van der Waals surface area (Å²) in [5.41, 5.74) is 1.60. The summed E-state index contributed by atoms with van der Waals surface area (Å²) in [5.74, 6) is 0.431. The Kier molecular flexibility index (Phi) is 6.04. The van der Waals surface area contributed by atoms with E-state index in [0.29, 0.717) is 37.3 Å². The van der Waals surface area contributed by atoms with Crippen molar-refractivity contribution in [3.63, 3.8) is 0 Å². The van der Waals surface area contributed by atoms with Gasteiger partial charge in [-0.2, -0.15) is 5.10 Å².